The van der Waals surface area contributed by atoms with E-state index in [1.807, 2.05) is 42.5 Å². The van der Waals surface area contributed by atoms with Crippen molar-refractivity contribution in [2.24, 2.45) is 5.84 Å². The number of hydrogen-bond donors (Lipinski definition) is 2. The fourth-order valence-electron chi connectivity index (χ4n) is 1.79. The smallest absolute Gasteiger partial charge is 0.238 e. The summed E-state index contributed by atoms with van der Waals surface area (Å²) in [5, 5.41) is 1.92. The van der Waals surface area contributed by atoms with E-state index in [4.69, 9.17) is 5.84 Å². The average Bonchev–Trinajstić information content (AvgIpc) is 2.48. The number of aromatic nitrogens is 2. The lowest BCUT2D eigenvalue weighted by Crippen LogP contribution is -2.10. The fourth-order valence-corrected chi connectivity index (χ4v) is 2.72. The first-order chi connectivity index (χ1) is 9.36. The van der Waals surface area contributed by atoms with Crippen LogP contribution in [0.5, 0.6) is 0 Å². The third-order valence-corrected chi connectivity index (χ3v) is 3.67. The third-order valence-electron chi connectivity index (χ3n) is 2.66. The summed E-state index contributed by atoms with van der Waals surface area (Å²) in [5.41, 5.74) is 3.39. The highest BCUT2D eigenvalue weighted by Crippen LogP contribution is 2.31. The molecular weight excluding hydrogens is 256 g/mol. The molecule has 19 heavy (non-hydrogen) atoms. The molecule has 94 valence electrons. The van der Waals surface area contributed by atoms with E-state index in [1.165, 1.54) is 0 Å². The molecule has 0 aliphatic heterocycles. The second kappa shape index (κ2) is 5.26. The molecule has 0 amide bonds. The number of nitrogens with zero attached hydrogens (tertiary/aromatic N) is 2. The monoisotopic (exact) mass is 268 g/mol. The highest BCUT2D eigenvalue weighted by molar-refractivity contribution is 7.99. The van der Waals surface area contributed by atoms with Gasteiger partial charge in [0.25, 0.3) is 0 Å². The Labute approximate surface area is 115 Å². The Balaban J connectivity index is 2.11. The van der Waals surface area contributed by atoms with Crippen LogP contribution in [-0.4, -0.2) is 9.97 Å². The minimum absolute atomic E-state index is 0.428. The summed E-state index contributed by atoms with van der Waals surface area (Å²) in [6.07, 6.45) is 0. The van der Waals surface area contributed by atoms with Crippen LogP contribution in [0.1, 0.15) is 0 Å². The molecule has 0 bridgehead atoms. The quantitative estimate of drug-likeness (QED) is 0.434. The molecule has 0 fully saturated rings. The summed E-state index contributed by atoms with van der Waals surface area (Å²) in [6, 6.07) is 18.0. The third kappa shape index (κ3) is 2.52. The molecule has 3 rings (SSSR count). The minimum Gasteiger partial charge on any atom is -0.292 e. The van der Waals surface area contributed by atoms with E-state index in [0.29, 0.717) is 5.95 Å². The molecule has 3 aromatic rings. The molecule has 0 aliphatic rings. The molecule has 4 nitrogen and oxygen atoms in total. The number of para-hydroxylation sites is 1. The molecule has 2 aromatic carbocycles. The predicted molar refractivity (Wildman–Crippen MR) is 77.9 cm³/mol. The molecule has 0 saturated carbocycles. The zero-order valence-electron chi connectivity index (χ0n) is 10.1. The minimum atomic E-state index is 0.428. The van der Waals surface area contributed by atoms with Gasteiger partial charge in [-0.1, -0.05) is 48.2 Å². The van der Waals surface area contributed by atoms with Gasteiger partial charge in [0.05, 0.1) is 5.52 Å². The lowest BCUT2D eigenvalue weighted by atomic mass is 10.2. The van der Waals surface area contributed by atoms with Crippen molar-refractivity contribution in [3.8, 4) is 0 Å². The average molecular weight is 268 g/mol. The Bertz CT molecular complexity index is 700. The van der Waals surface area contributed by atoms with Gasteiger partial charge >= 0.3 is 0 Å². The van der Waals surface area contributed by atoms with Crippen LogP contribution in [0.15, 0.2) is 64.5 Å². The van der Waals surface area contributed by atoms with Gasteiger partial charge in [0, 0.05) is 10.3 Å². The molecule has 5 heteroatoms. The second-order valence-electron chi connectivity index (χ2n) is 3.93. The first-order valence-electron chi connectivity index (χ1n) is 5.83. The van der Waals surface area contributed by atoms with E-state index >= 15 is 0 Å². The van der Waals surface area contributed by atoms with Gasteiger partial charge in [-0.2, -0.15) is 0 Å². The van der Waals surface area contributed by atoms with Gasteiger partial charge < -0.3 is 0 Å². The van der Waals surface area contributed by atoms with E-state index in [-0.39, 0.29) is 0 Å². The van der Waals surface area contributed by atoms with Crippen molar-refractivity contribution in [2.45, 2.75) is 9.92 Å². The zero-order valence-corrected chi connectivity index (χ0v) is 10.9. The van der Waals surface area contributed by atoms with Crippen LogP contribution < -0.4 is 11.3 Å². The Morgan fingerprint density at radius 2 is 1.63 bits per heavy atom. The molecule has 0 spiro atoms. The van der Waals surface area contributed by atoms with Gasteiger partial charge in [0.2, 0.25) is 5.95 Å². The maximum atomic E-state index is 5.42. The van der Waals surface area contributed by atoms with Crippen LogP contribution in [-0.2, 0) is 0 Å². The van der Waals surface area contributed by atoms with E-state index in [0.717, 1.165) is 20.8 Å². The summed E-state index contributed by atoms with van der Waals surface area (Å²) >= 11 is 1.60. The number of hydrogen-bond acceptors (Lipinski definition) is 5. The first-order valence-corrected chi connectivity index (χ1v) is 6.65. The summed E-state index contributed by atoms with van der Waals surface area (Å²) in [6.45, 7) is 0. The van der Waals surface area contributed by atoms with E-state index in [9.17, 15) is 0 Å². The van der Waals surface area contributed by atoms with E-state index < -0.39 is 0 Å². The van der Waals surface area contributed by atoms with Crippen LogP contribution in [0.3, 0.4) is 0 Å². The van der Waals surface area contributed by atoms with Crippen LogP contribution in [0.25, 0.3) is 10.9 Å². The van der Waals surface area contributed by atoms with Gasteiger partial charge in [0.15, 0.2) is 0 Å². The van der Waals surface area contributed by atoms with Crippen LogP contribution in [0, 0.1) is 0 Å². The molecule has 1 aromatic heterocycles. The van der Waals surface area contributed by atoms with Gasteiger partial charge in [-0.25, -0.2) is 15.8 Å². The molecule has 0 unspecified atom stereocenters. The van der Waals surface area contributed by atoms with Crippen molar-refractivity contribution in [3.63, 3.8) is 0 Å². The number of nitrogens with two attached hydrogens (primary N) is 1. The maximum absolute atomic E-state index is 5.42. The molecule has 1 heterocycles. The second-order valence-corrected chi connectivity index (χ2v) is 4.99. The van der Waals surface area contributed by atoms with E-state index in [1.54, 1.807) is 11.8 Å². The first kappa shape index (κ1) is 12.0. The topological polar surface area (TPSA) is 63.8 Å². The number of fused-ring (bicyclic) bond motifs is 1. The number of nitrogen functional groups attached to an aromatic ring is 1. The number of benzene rings is 2. The van der Waals surface area contributed by atoms with Crippen molar-refractivity contribution in [3.05, 3.63) is 54.6 Å². The molecule has 0 atom stereocenters. The Morgan fingerprint density at radius 3 is 2.42 bits per heavy atom. The van der Waals surface area contributed by atoms with Gasteiger partial charge in [-0.15, -0.1) is 0 Å². The lowest BCUT2D eigenvalue weighted by molar-refractivity contribution is 1.07. The predicted octanol–water partition coefficient (Wildman–Crippen LogP) is 3.07. The molecule has 0 saturated heterocycles. The number of rotatable bonds is 3. The van der Waals surface area contributed by atoms with Crippen LogP contribution in [0.4, 0.5) is 5.95 Å². The van der Waals surface area contributed by atoms with Gasteiger partial charge in [-0.3, -0.25) is 5.43 Å². The molecule has 0 aliphatic carbocycles. The fraction of sp³-hybridized carbons (Fsp3) is 0. The van der Waals surface area contributed by atoms with Crippen molar-refractivity contribution in [2.75, 3.05) is 5.43 Å². The van der Waals surface area contributed by atoms with Crippen molar-refractivity contribution < 1.29 is 0 Å². The van der Waals surface area contributed by atoms with Crippen LogP contribution >= 0.6 is 11.8 Å². The highest BCUT2D eigenvalue weighted by Gasteiger charge is 2.08. The highest BCUT2D eigenvalue weighted by atomic mass is 32.2. The van der Waals surface area contributed by atoms with Gasteiger partial charge in [-0.05, 0) is 18.2 Å². The van der Waals surface area contributed by atoms with Gasteiger partial charge in [0.1, 0.15) is 5.03 Å². The summed E-state index contributed by atoms with van der Waals surface area (Å²) in [7, 11) is 0. The zero-order chi connectivity index (χ0) is 13.1. The van der Waals surface area contributed by atoms with Crippen molar-refractivity contribution in [1.82, 2.24) is 9.97 Å². The summed E-state index contributed by atoms with van der Waals surface area (Å²) in [4.78, 5) is 9.90. The SMILES string of the molecule is NNc1nc(Sc2ccccc2)c2ccccc2n1. The largest absolute Gasteiger partial charge is 0.292 e. The number of anilines is 1. The normalized spacial score (nSPS) is 10.6. The standard InChI is InChI=1S/C14H12N4S/c15-18-14-16-12-9-5-4-8-11(12)13(17-14)19-10-6-2-1-3-7-10/h1-9H,15H2,(H,16,17,18). The van der Waals surface area contributed by atoms with Crippen molar-refractivity contribution >= 4 is 28.6 Å². The Hall–Kier alpha value is -2.11. The maximum Gasteiger partial charge on any atom is 0.238 e. The Kier molecular flexibility index (Phi) is 3.31. The summed E-state index contributed by atoms with van der Waals surface area (Å²) < 4.78 is 0. The van der Waals surface area contributed by atoms with Crippen molar-refractivity contribution in [1.29, 1.82) is 0 Å². The van der Waals surface area contributed by atoms with Crippen LogP contribution in [0.2, 0.25) is 0 Å². The summed E-state index contributed by atoms with van der Waals surface area (Å²) in [5.74, 6) is 5.85. The Morgan fingerprint density at radius 1 is 0.895 bits per heavy atom. The number of hydrazine groups is 1. The van der Waals surface area contributed by atoms with E-state index in [2.05, 4.69) is 27.5 Å². The molecule has 0 radical (unpaired) electrons. The molecule has 3 N–H and O–H groups in total. The molecular formula is C14H12N4S. The lowest BCUT2D eigenvalue weighted by Gasteiger charge is -2.07. The number of nitrogens with one attached hydrogen (secondary N) is 1.